The van der Waals surface area contributed by atoms with Crippen molar-refractivity contribution in [3.05, 3.63) is 53.6 Å². The van der Waals surface area contributed by atoms with Crippen LogP contribution in [0.3, 0.4) is 0 Å². The highest BCUT2D eigenvalue weighted by molar-refractivity contribution is 8.13. The molecule has 1 aliphatic rings. The average Bonchev–Trinajstić information content (AvgIpc) is 3.12. The molecule has 3 N–H and O–H groups in total. The molecule has 26 heavy (non-hydrogen) atoms. The van der Waals surface area contributed by atoms with Crippen molar-refractivity contribution in [1.29, 1.82) is 0 Å². The van der Waals surface area contributed by atoms with Crippen LogP contribution < -0.4 is 11.1 Å². The van der Waals surface area contributed by atoms with E-state index in [-0.39, 0.29) is 11.4 Å². The molecule has 0 radical (unpaired) electrons. The summed E-state index contributed by atoms with van der Waals surface area (Å²) < 4.78 is 0. The number of thioether (sulfide) groups is 1. The lowest BCUT2D eigenvalue weighted by molar-refractivity contribution is 0.102. The molecule has 1 fully saturated rings. The lowest BCUT2D eigenvalue weighted by atomic mass is 9.88. The summed E-state index contributed by atoms with van der Waals surface area (Å²) in [6.07, 6.45) is 9.18. The Labute approximate surface area is 157 Å². The summed E-state index contributed by atoms with van der Waals surface area (Å²) in [5, 5.41) is 3.49. The first-order chi connectivity index (χ1) is 12.5. The van der Waals surface area contributed by atoms with Gasteiger partial charge in [-0.15, -0.1) is 0 Å². The Morgan fingerprint density at radius 1 is 1.27 bits per heavy atom. The van der Waals surface area contributed by atoms with Gasteiger partial charge in [0.2, 0.25) is 0 Å². The fourth-order valence-electron chi connectivity index (χ4n) is 3.27. The van der Waals surface area contributed by atoms with Gasteiger partial charge in [0.05, 0.1) is 17.4 Å². The van der Waals surface area contributed by atoms with Gasteiger partial charge in [0, 0.05) is 11.9 Å². The summed E-state index contributed by atoms with van der Waals surface area (Å²) in [6.45, 7) is 1.83. The van der Waals surface area contributed by atoms with E-state index in [1.165, 1.54) is 18.0 Å². The largest absolute Gasteiger partial charge is 0.379 e. The second-order valence-corrected chi connectivity index (χ2v) is 7.30. The Morgan fingerprint density at radius 2 is 2.04 bits per heavy atom. The minimum atomic E-state index is -0.294. The van der Waals surface area contributed by atoms with Gasteiger partial charge in [0.1, 0.15) is 5.69 Å². The molecule has 6 nitrogen and oxygen atoms in total. The van der Waals surface area contributed by atoms with Gasteiger partial charge >= 0.3 is 0 Å². The lowest BCUT2D eigenvalue weighted by Crippen LogP contribution is -2.24. The number of carbonyl (C=O) groups is 1. The van der Waals surface area contributed by atoms with Crippen molar-refractivity contribution in [2.45, 2.75) is 38.1 Å². The number of carbonyl (C=O) groups excluding carboxylic acids is 1. The predicted molar refractivity (Wildman–Crippen MR) is 106 cm³/mol. The van der Waals surface area contributed by atoms with Crippen molar-refractivity contribution in [3.8, 4) is 0 Å². The van der Waals surface area contributed by atoms with Gasteiger partial charge in [-0.2, -0.15) is 0 Å². The quantitative estimate of drug-likeness (QED) is 0.636. The molecule has 136 valence electrons. The van der Waals surface area contributed by atoms with E-state index in [2.05, 4.69) is 21.4 Å². The lowest BCUT2D eigenvalue weighted by Gasteiger charge is -2.26. The Hall–Kier alpha value is -2.41. The molecule has 0 saturated heterocycles. The number of nitrogens with two attached hydrogens (primary N) is 1. The van der Waals surface area contributed by atoms with Crippen molar-refractivity contribution >= 4 is 28.5 Å². The fraction of sp³-hybridized carbons (Fsp3) is 0.368. The minimum Gasteiger partial charge on any atom is -0.379 e. The molecule has 1 aromatic carbocycles. The van der Waals surface area contributed by atoms with Gasteiger partial charge < -0.3 is 11.1 Å². The Bertz CT molecular complexity index is 813. The second kappa shape index (κ2) is 7.86. The highest BCUT2D eigenvalue weighted by atomic mass is 32.2. The second-order valence-electron chi connectivity index (χ2n) is 6.47. The summed E-state index contributed by atoms with van der Waals surface area (Å²) >= 11 is 1.46. The summed E-state index contributed by atoms with van der Waals surface area (Å²) in [7, 11) is 0. The Kier molecular flexibility index (Phi) is 5.56. The highest BCUT2D eigenvalue weighted by Crippen LogP contribution is 2.43. The highest BCUT2D eigenvalue weighted by Gasteiger charge is 2.35. The van der Waals surface area contributed by atoms with Crippen LogP contribution in [0.4, 0.5) is 5.69 Å². The van der Waals surface area contributed by atoms with E-state index < -0.39 is 0 Å². The summed E-state index contributed by atoms with van der Waals surface area (Å²) in [4.78, 5) is 25.4. The predicted octanol–water partition coefficient (Wildman–Crippen LogP) is 3.48. The third-order valence-corrected chi connectivity index (χ3v) is 5.14. The third-order valence-electron chi connectivity index (χ3n) is 4.64. The number of aryl methyl sites for hydroxylation is 1. The zero-order valence-electron chi connectivity index (χ0n) is 15.0. The summed E-state index contributed by atoms with van der Waals surface area (Å²) in [5.41, 5.74) is 8.59. The summed E-state index contributed by atoms with van der Waals surface area (Å²) in [6, 6.07) is 7.86. The number of aliphatic imine (C=N–C) groups is 1. The molecule has 2 aromatic rings. The molecule has 1 heterocycles. The molecule has 1 aliphatic carbocycles. The van der Waals surface area contributed by atoms with Gasteiger partial charge in [0.15, 0.2) is 5.17 Å². The molecule has 1 amide bonds. The van der Waals surface area contributed by atoms with Crippen LogP contribution in [-0.4, -0.2) is 27.3 Å². The molecule has 1 aromatic heterocycles. The molecule has 0 atom stereocenters. The Morgan fingerprint density at radius 3 is 2.69 bits per heavy atom. The van der Waals surface area contributed by atoms with E-state index in [1.807, 2.05) is 31.4 Å². The first-order valence-electron chi connectivity index (χ1n) is 8.62. The topological polar surface area (TPSA) is 93.3 Å². The number of anilines is 1. The number of nitrogens with zero attached hydrogens (tertiary/aromatic N) is 3. The van der Waals surface area contributed by atoms with Crippen molar-refractivity contribution in [2.75, 3.05) is 11.6 Å². The zero-order valence-corrected chi connectivity index (χ0v) is 15.8. The van der Waals surface area contributed by atoms with Crippen molar-refractivity contribution in [2.24, 2.45) is 10.7 Å². The van der Waals surface area contributed by atoms with Crippen LogP contribution in [0, 0.1) is 6.92 Å². The molecule has 0 unspecified atom stereocenters. The van der Waals surface area contributed by atoms with Crippen molar-refractivity contribution < 1.29 is 4.79 Å². The van der Waals surface area contributed by atoms with Crippen LogP contribution in [0.5, 0.6) is 0 Å². The third kappa shape index (κ3) is 4.04. The van der Waals surface area contributed by atoms with E-state index in [9.17, 15) is 4.79 Å². The van der Waals surface area contributed by atoms with E-state index in [0.29, 0.717) is 10.9 Å². The molecular formula is C19H23N5OS. The van der Waals surface area contributed by atoms with Crippen LogP contribution in [0.2, 0.25) is 0 Å². The van der Waals surface area contributed by atoms with E-state index >= 15 is 0 Å². The maximum atomic E-state index is 12.4. The first kappa shape index (κ1) is 18.4. The molecule has 7 heteroatoms. The summed E-state index contributed by atoms with van der Waals surface area (Å²) in [5.74, 6) is -0.276. The number of rotatable bonds is 4. The fourth-order valence-corrected chi connectivity index (χ4v) is 3.54. The van der Waals surface area contributed by atoms with Crippen LogP contribution in [0.15, 0.2) is 41.7 Å². The van der Waals surface area contributed by atoms with Gasteiger partial charge in [-0.1, -0.05) is 36.7 Å². The smallest absolute Gasteiger partial charge is 0.275 e. The maximum absolute atomic E-state index is 12.4. The average molecular weight is 369 g/mol. The van der Waals surface area contributed by atoms with Crippen LogP contribution in [0.1, 0.15) is 47.4 Å². The van der Waals surface area contributed by atoms with Gasteiger partial charge in [0.25, 0.3) is 5.91 Å². The molecule has 0 spiro atoms. The molecule has 0 bridgehead atoms. The maximum Gasteiger partial charge on any atom is 0.275 e. The van der Waals surface area contributed by atoms with Gasteiger partial charge in [-0.3, -0.25) is 14.8 Å². The van der Waals surface area contributed by atoms with E-state index in [1.54, 1.807) is 6.20 Å². The Balaban J connectivity index is 1.85. The SMILES string of the molecule is CSC(N)=NC1(c2cccc(NC(=O)c3cnc(C)cn3)c2)CCCC1. The number of amides is 1. The number of benzene rings is 1. The van der Waals surface area contributed by atoms with Gasteiger partial charge in [-0.25, -0.2) is 4.98 Å². The molecule has 0 aliphatic heterocycles. The number of amidine groups is 1. The van der Waals surface area contributed by atoms with E-state index in [4.69, 9.17) is 10.7 Å². The minimum absolute atomic E-state index is 0.276. The van der Waals surface area contributed by atoms with Crippen molar-refractivity contribution in [1.82, 2.24) is 9.97 Å². The first-order valence-corrected chi connectivity index (χ1v) is 9.85. The monoisotopic (exact) mass is 369 g/mol. The molecular weight excluding hydrogens is 346 g/mol. The zero-order chi connectivity index (χ0) is 18.6. The number of nitrogens with one attached hydrogen (secondary N) is 1. The van der Waals surface area contributed by atoms with Crippen LogP contribution in [0.25, 0.3) is 0 Å². The van der Waals surface area contributed by atoms with Gasteiger partial charge in [-0.05, 0) is 43.7 Å². The van der Waals surface area contributed by atoms with Crippen LogP contribution in [-0.2, 0) is 5.54 Å². The standard InChI is InChI=1S/C19H23N5OS/c1-13-11-22-16(12-21-13)17(25)23-15-7-5-6-14(10-15)19(8-3-4-9-19)24-18(20)26-2/h5-7,10-12H,3-4,8-9H2,1-2H3,(H2,20,24)(H,23,25). The van der Waals surface area contributed by atoms with Crippen molar-refractivity contribution in [3.63, 3.8) is 0 Å². The molecule has 3 rings (SSSR count). The molecule has 1 saturated carbocycles. The normalized spacial score (nSPS) is 16.5. The number of hydrogen-bond acceptors (Lipinski definition) is 5. The number of aromatic nitrogens is 2. The van der Waals surface area contributed by atoms with Crippen LogP contribution >= 0.6 is 11.8 Å². The van der Waals surface area contributed by atoms with E-state index in [0.717, 1.165) is 42.6 Å². The number of hydrogen-bond donors (Lipinski definition) is 2.